The average molecular weight is 312 g/mol. The van der Waals surface area contributed by atoms with Gasteiger partial charge in [0.15, 0.2) is 0 Å². The number of anilines is 1. The van der Waals surface area contributed by atoms with Gasteiger partial charge in [-0.25, -0.2) is 0 Å². The van der Waals surface area contributed by atoms with Crippen LogP contribution in [-0.2, 0) is 0 Å². The lowest BCUT2D eigenvalue weighted by atomic mass is 10.00. The number of amides is 1. The predicted molar refractivity (Wildman–Crippen MR) is 89.8 cm³/mol. The first kappa shape index (κ1) is 14.4. The Morgan fingerprint density at radius 2 is 1.77 bits per heavy atom. The maximum atomic E-state index is 12.5. The monoisotopic (exact) mass is 311 g/mol. The van der Waals surface area contributed by atoms with E-state index in [0.717, 1.165) is 10.8 Å². The number of para-hydroxylation sites is 1. The second kappa shape index (κ2) is 5.70. The van der Waals surface area contributed by atoms with Gasteiger partial charge in [0.2, 0.25) is 0 Å². The van der Waals surface area contributed by atoms with Crippen molar-refractivity contribution in [2.45, 2.75) is 6.92 Å². The summed E-state index contributed by atoms with van der Waals surface area (Å²) in [5.41, 5.74) is 1.43. The highest BCUT2D eigenvalue weighted by molar-refractivity contribution is 6.34. The van der Waals surface area contributed by atoms with Crippen molar-refractivity contribution >= 4 is 34.0 Å². The molecule has 0 aliphatic rings. The van der Waals surface area contributed by atoms with Crippen LogP contribution in [0, 0.1) is 6.92 Å². The molecular formula is C18H14ClNO2. The molecule has 0 radical (unpaired) electrons. The Balaban J connectivity index is 2.04. The van der Waals surface area contributed by atoms with Crippen molar-refractivity contribution in [3.63, 3.8) is 0 Å². The van der Waals surface area contributed by atoms with Crippen molar-refractivity contribution in [3.8, 4) is 5.75 Å². The Morgan fingerprint density at radius 1 is 1.09 bits per heavy atom. The molecule has 3 rings (SSSR count). The van der Waals surface area contributed by atoms with E-state index in [1.54, 1.807) is 37.3 Å². The molecular weight excluding hydrogens is 298 g/mol. The highest BCUT2D eigenvalue weighted by Gasteiger charge is 2.16. The van der Waals surface area contributed by atoms with Gasteiger partial charge < -0.3 is 10.4 Å². The summed E-state index contributed by atoms with van der Waals surface area (Å²) in [6.07, 6.45) is 0. The summed E-state index contributed by atoms with van der Waals surface area (Å²) in [4.78, 5) is 12.5. The summed E-state index contributed by atoms with van der Waals surface area (Å²) in [5.74, 6) is -0.400. The number of aromatic hydroxyl groups is 1. The van der Waals surface area contributed by atoms with Gasteiger partial charge >= 0.3 is 0 Å². The molecule has 4 heteroatoms. The smallest absolute Gasteiger partial charge is 0.259 e. The van der Waals surface area contributed by atoms with Crippen LogP contribution in [0.3, 0.4) is 0 Å². The summed E-state index contributed by atoms with van der Waals surface area (Å²) in [5, 5.41) is 15.3. The third-order valence-corrected chi connectivity index (χ3v) is 3.97. The third-order valence-electron chi connectivity index (χ3n) is 3.64. The molecule has 0 bridgehead atoms. The van der Waals surface area contributed by atoms with Gasteiger partial charge in [0.25, 0.3) is 5.91 Å². The first-order valence-corrected chi connectivity index (χ1v) is 7.23. The van der Waals surface area contributed by atoms with Crippen molar-refractivity contribution in [1.82, 2.24) is 0 Å². The zero-order valence-corrected chi connectivity index (χ0v) is 12.7. The van der Waals surface area contributed by atoms with E-state index >= 15 is 0 Å². The second-order valence-electron chi connectivity index (χ2n) is 5.05. The highest BCUT2D eigenvalue weighted by Crippen LogP contribution is 2.31. The molecule has 0 spiro atoms. The number of fused-ring (bicyclic) bond motifs is 1. The summed E-state index contributed by atoms with van der Waals surface area (Å²) >= 11 is 6.04. The van der Waals surface area contributed by atoms with Crippen molar-refractivity contribution in [3.05, 3.63) is 70.7 Å². The summed E-state index contributed by atoms with van der Waals surface area (Å²) in [7, 11) is 0. The van der Waals surface area contributed by atoms with Crippen LogP contribution in [0.1, 0.15) is 15.9 Å². The quantitative estimate of drug-likeness (QED) is 0.717. The van der Waals surface area contributed by atoms with Gasteiger partial charge in [0, 0.05) is 0 Å². The van der Waals surface area contributed by atoms with E-state index in [1.807, 2.05) is 24.3 Å². The summed E-state index contributed by atoms with van der Waals surface area (Å²) in [6, 6.07) is 16.3. The summed E-state index contributed by atoms with van der Waals surface area (Å²) < 4.78 is 0. The largest absolute Gasteiger partial charge is 0.507 e. The van der Waals surface area contributed by atoms with Crippen LogP contribution in [0.2, 0.25) is 5.02 Å². The Hall–Kier alpha value is -2.52. The molecule has 0 atom stereocenters. The lowest BCUT2D eigenvalue weighted by Gasteiger charge is -2.12. The molecule has 0 aliphatic heterocycles. The summed E-state index contributed by atoms with van der Waals surface area (Å²) in [6.45, 7) is 1.80. The lowest BCUT2D eigenvalue weighted by molar-refractivity contribution is 0.102. The van der Waals surface area contributed by atoms with E-state index < -0.39 is 0 Å². The molecule has 0 fully saturated rings. The van der Waals surface area contributed by atoms with Crippen molar-refractivity contribution in [1.29, 1.82) is 0 Å². The van der Waals surface area contributed by atoms with Crippen LogP contribution in [0.4, 0.5) is 5.69 Å². The van der Waals surface area contributed by atoms with E-state index in [4.69, 9.17) is 11.6 Å². The first-order chi connectivity index (χ1) is 10.6. The molecule has 0 saturated carbocycles. The molecule has 110 valence electrons. The second-order valence-corrected chi connectivity index (χ2v) is 5.46. The minimum atomic E-state index is -0.389. The van der Waals surface area contributed by atoms with E-state index in [1.165, 1.54) is 0 Å². The number of nitrogens with one attached hydrogen (secondary N) is 1. The van der Waals surface area contributed by atoms with Gasteiger partial charge in [-0.05, 0) is 41.5 Å². The van der Waals surface area contributed by atoms with Crippen LogP contribution >= 0.6 is 11.6 Å². The lowest BCUT2D eigenvalue weighted by Crippen LogP contribution is -2.13. The van der Waals surface area contributed by atoms with E-state index in [0.29, 0.717) is 16.3 Å². The molecule has 0 unspecified atom stereocenters. The number of hydrogen-bond acceptors (Lipinski definition) is 2. The Kier molecular flexibility index (Phi) is 3.73. The van der Waals surface area contributed by atoms with Crippen LogP contribution in [-0.4, -0.2) is 11.0 Å². The average Bonchev–Trinajstić information content (AvgIpc) is 2.53. The molecule has 3 aromatic carbocycles. The van der Waals surface area contributed by atoms with E-state index in [-0.39, 0.29) is 17.2 Å². The van der Waals surface area contributed by atoms with Crippen molar-refractivity contribution < 1.29 is 9.90 Å². The Labute approximate surface area is 133 Å². The van der Waals surface area contributed by atoms with Gasteiger partial charge in [0.05, 0.1) is 16.3 Å². The van der Waals surface area contributed by atoms with Crippen molar-refractivity contribution in [2.75, 3.05) is 5.32 Å². The van der Waals surface area contributed by atoms with E-state index in [9.17, 15) is 9.90 Å². The molecule has 3 aromatic rings. The van der Waals surface area contributed by atoms with Gasteiger partial charge in [-0.15, -0.1) is 0 Å². The fourth-order valence-electron chi connectivity index (χ4n) is 2.44. The van der Waals surface area contributed by atoms with Crippen LogP contribution in [0.5, 0.6) is 5.75 Å². The van der Waals surface area contributed by atoms with Crippen LogP contribution in [0.15, 0.2) is 54.6 Å². The molecule has 22 heavy (non-hydrogen) atoms. The first-order valence-electron chi connectivity index (χ1n) is 6.85. The van der Waals surface area contributed by atoms with Gasteiger partial charge in [-0.2, -0.15) is 0 Å². The fourth-order valence-corrected chi connectivity index (χ4v) is 2.63. The molecule has 0 aliphatic carbocycles. The fraction of sp³-hybridized carbons (Fsp3) is 0.0556. The molecule has 3 nitrogen and oxygen atoms in total. The number of benzene rings is 3. The molecule has 0 aromatic heterocycles. The molecule has 0 saturated heterocycles. The molecule has 0 heterocycles. The number of phenols is 1. The number of aryl methyl sites for hydroxylation is 1. The maximum Gasteiger partial charge on any atom is 0.259 e. The zero-order chi connectivity index (χ0) is 15.7. The third kappa shape index (κ3) is 2.51. The SMILES string of the molecule is Cc1c(O)c(C(=O)Nc2ccccc2Cl)cc2ccccc12. The number of halogens is 1. The predicted octanol–water partition coefficient (Wildman–Crippen LogP) is 4.76. The maximum absolute atomic E-state index is 12.5. The molecule has 1 amide bonds. The van der Waals surface area contributed by atoms with Crippen LogP contribution in [0.25, 0.3) is 10.8 Å². The number of rotatable bonds is 2. The van der Waals surface area contributed by atoms with E-state index in [2.05, 4.69) is 5.32 Å². The molecule has 2 N–H and O–H groups in total. The van der Waals surface area contributed by atoms with Crippen LogP contribution < -0.4 is 5.32 Å². The Bertz CT molecular complexity index is 874. The van der Waals surface area contributed by atoms with Gasteiger partial charge in [-0.1, -0.05) is 48.0 Å². The number of phenolic OH excluding ortho intramolecular Hbond substituents is 1. The zero-order valence-electron chi connectivity index (χ0n) is 11.9. The minimum absolute atomic E-state index is 0.0109. The van der Waals surface area contributed by atoms with Gasteiger partial charge in [-0.3, -0.25) is 4.79 Å². The van der Waals surface area contributed by atoms with Crippen molar-refractivity contribution in [2.24, 2.45) is 0 Å². The Morgan fingerprint density at radius 3 is 2.55 bits per heavy atom. The number of carbonyl (C=O) groups is 1. The number of carbonyl (C=O) groups excluding carboxylic acids is 1. The highest BCUT2D eigenvalue weighted by atomic mass is 35.5. The number of hydrogen-bond donors (Lipinski definition) is 2. The standard InChI is InChI=1S/C18H14ClNO2/c1-11-13-7-3-2-6-12(13)10-14(17(11)21)18(22)20-16-9-5-4-8-15(16)19/h2-10,21H,1H3,(H,20,22). The topological polar surface area (TPSA) is 49.3 Å². The normalized spacial score (nSPS) is 10.6. The van der Waals surface area contributed by atoms with Gasteiger partial charge in [0.1, 0.15) is 5.75 Å². The minimum Gasteiger partial charge on any atom is -0.507 e.